The molecule has 2 aromatic carbocycles. The van der Waals surface area contributed by atoms with Gasteiger partial charge in [0.2, 0.25) is 9.84 Å². The number of amides is 1. The van der Waals surface area contributed by atoms with Crippen LogP contribution in [0.15, 0.2) is 89.0 Å². The zero-order valence-corrected chi connectivity index (χ0v) is 17.0. The fraction of sp³-hybridized carbons (Fsp3) is 0.0909. The summed E-state index contributed by atoms with van der Waals surface area (Å²) >= 11 is 0. The average molecular weight is 421 g/mol. The molecule has 0 aliphatic heterocycles. The third kappa shape index (κ3) is 3.77. The van der Waals surface area contributed by atoms with Crippen molar-refractivity contribution in [2.75, 3.05) is 7.11 Å². The molecule has 1 amide bonds. The van der Waals surface area contributed by atoms with Crippen molar-refractivity contribution >= 4 is 21.4 Å². The zero-order valence-electron chi connectivity index (χ0n) is 16.1. The fourth-order valence-electron chi connectivity index (χ4n) is 3.09. The highest BCUT2D eigenvalue weighted by atomic mass is 32.2. The van der Waals surface area contributed by atoms with Gasteiger partial charge in [-0.05, 0) is 42.0 Å². The van der Waals surface area contributed by atoms with E-state index in [9.17, 15) is 13.2 Å². The Kier molecular flexibility index (Phi) is 5.24. The predicted octanol–water partition coefficient (Wildman–Crippen LogP) is 3.11. The summed E-state index contributed by atoms with van der Waals surface area (Å²) in [7, 11) is -2.27. The first-order chi connectivity index (χ1) is 14.5. The van der Waals surface area contributed by atoms with Gasteiger partial charge in [0, 0.05) is 25.1 Å². The summed E-state index contributed by atoms with van der Waals surface area (Å²) in [6.07, 6.45) is 5.14. The smallest absolute Gasteiger partial charge is 0.253 e. The first-order valence-corrected chi connectivity index (χ1v) is 10.7. The van der Waals surface area contributed by atoms with Gasteiger partial charge in [-0.25, -0.2) is 13.4 Å². The van der Waals surface area contributed by atoms with Crippen molar-refractivity contribution in [3.05, 3.63) is 90.4 Å². The molecule has 4 aromatic rings. The molecule has 7 nitrogen and oxygen atoms in total. The van der Waals surface area contributed by atoms with Crippen LogP contribution >= 0.6 is 0 Å². The summed E-state index contributed by atoms with van der Waals surface area (Å²) in [6, 6.07) is 16.4. The van der Waals surface area contributed by atoms with E-state index >= 15 is 0 Å². The molecule has 8 heteroatoms. The maximum Gasteiger partial charge on any atom is 0.253 e. The maximum absolute atomic E-state index is 12.9. The number of methoxy groups -OCH3 is 1. The molecule has 0 saturated heterocycles. The van der Waals surface area contributed by atoms with E-state index in [1.807, 2.05) is 0 Å². The second-order valence-electron chi connectivity index (χ2n) is 6.59. The van der Waals surface area contributed by atoms with E-state index in [1.165, 1.54) is 25.3 Å². The number of pyridine rings is 1. The first kappa shape index (κ1) is 19.7. The van der Waals surface area contributed by atoms with Gasteiger partial charge in [0.05, 0.1) is 17.6 Å². The molecule has 0 bridgehead atoms. The van der Waals surface area contributed by atoms with Crippen molar-refractivity contribution in [2.45, 2.75) is 16.3 Å². The van der Waals surface area contributed by atoms with Crippen LogP contribution in [0.2, 0.25) is 0 Å². The summed E-state index contributed by atoms with van der Waals surface area (Å²) in [4.78, 5) is 16.8. The van der Waals surface area contributed by atoms with E-state index in [-0.39, 0.29) is 22.2 Å². The molecule has 152 valence electrons. The quantitative estimate of drug-likeness (QED) is 0.517. The minimum atomic E-state index is -3.71. The number of para-hydroxylation sites is 1. The van der Waals surface area contributed by atoms with Crippen molar-refractivity contribution in [3.63, 3.8) is 0 Å². The summed E-state index contributed by atoms with van der Waals surface area (Å²) in [5.74, 6) is 0.0695. The largest absolute Gasteiger partial charge is 0.495 e. The van der Waals surface area contributed by atoms with Crippen molar-refractivity contribution in [3.8, 4) is 5.75 Å². The number of ether oxygens (including phenoxy) is 1. The van der Waals surface area contributed by atoms with Gasteiger partial charge in [0.1, 0.15) is 16.3 Å². The van der Waals surface area contributed by atoms with Crippen LogP contribution in [0, 0.1) is 0 Å². The molecule has 2 aromatic heterocycles. The molecule has 1 N–H and O–H groups in total. The number of nitrogens with zero attached hydrogens (tertiary/aromatic N) is 2. The minimum absolute atomic E-state index is 0.114. The van der Waals surface area contributed by atoms with Gasteiger partial charge in [-0.2, -0.15) is 0 Å². The second kappa shape index (κ2) is 8.00. The lowest BCUT2D eigenvalue weighted by Gasteiger charge is -2.10. The number of nitrogens with one attached hydrogen (secondary N) is 1. The Labute approximate surface area is 173 Å². The van der Waals surface area contributed by atoms with Gasteiger partial charge in [-0.3, -0.25) is 4.79 Å². The highest BCUT2D eigenvalue weighted by Gasteiger charge is 2.21. The Morgan fingerprint density at radius 2 is 1.83 bits per heavy atom. The monoisotopic (exact) mass is 421 g/mol. The third-order valence-corrected chi connectivity index (χ3v) is 6.51. The number of fused-ring (bicyclic) bond motifs is 1. The van der Waals surface area contributed by atoms with Crippen LogP contribution in [0.3, 0.4) is 0 Å². The molecule has 0 aliphatic carbocycles. The molecular weight excluding hydrogens is 402 g/mol. The Bertz CT molecular complexity index is 1310. The molecule has 0 atom stereocenters. The lowest BCUT2D eigenvalue weighted by Crippen LogP contribution is -2.23. The summed E-state index contributed by atoms with van der Waals surface area (Å²) in [5, 5.41) is 2.84. The molecule has 4 rings (SSSR count). The number of carbonyl (C=O) groups excluding carboxylic acids is 1. The highest BCUT2D eigenvalue weighted by molar-refractivity contribution is 7.91. The summed E-state index contributed by atoms with van der Waals surface area (Å²) < 4.78 is 32.8. The van der Waals surface area contributed by atoms with Gasteiger partial charge in [-0.1, -0.05) is 24.3 Å². The van der Waals surface area contributed by atoms with E-state index in [0.717, 1.165) is 11.2 Å². The molecule has 0 fully saturated rings. The van der Waals surface area contributed by atoms with Crippen LogP contribution in [-0.4, -0.2) is 30.8 Å². The van der Waals surface area contributed by atoms with Gasteiger partial charge >= 0.3 is 0 Å². The number of hydrogen-bond donors (Lipinski definition) is 1. The number of rotatable bonds is 6. The molecule has 0 aliphatic rings. The average Bonchev–Trinajstić information content (AvgIpc) is 3.25. The van der Waals surface area contributed by atoms with Gasteiger partial charge in [0.25, 0.3) is 5.91 Å². The van der Waals surface area contributed by atoms with Crippen LogP contribution in [0.25, 0.3) is 5.65 Å². The van der Waals surface area contributed by atoms with E-state index in [4.69, 9.17) is 4.74 Å². The number of aromatic nitrogens is 2. The Morgan fingerprint density at radius 1 is 1.07 bits per heavy atom. The van der Waals surface area contributed by atoms with E-state index in [0.29, 0.717) is 11.3 Å². The summed E-state index contributed by atoms with van der Waals surface area (Å²) in [5.41, 5.74) is 2.06. The standard InChI is InChI=1S/C22H19N3O4S/c1-29-19-4-2-3-5-20(19)30(27,28)18-9-6-16(7-10-18)14-24-22(26)17-8-11-21-23-12-13-25(21)15-17/h2-13,15H,14H2,1H3,(H,24,26). The molecular formula is C22H19N3O4S. The van der Waals surface area contributed by atoms with Crippen LogP contribution < -0.4 is 10.1 Å². The van der Waals surface area contributed by atoms with Crippen molar-refractivity contribution in [1.29, 1.82) is 0 Å². The number of sulfone groups is 1. The SMILES string of the molecule is COc1ccccc1S(=O)(=O)c1ccc(CNC(=O)c2ccc3nccn3c2)cc1. The fourth-order valence-corrected chi connectivity index (χ4v) is 4.52. The predicted molar refractivity (Wildman–Crippen MR) is 111 cm³/mol. The van der Waals surface area contributed by atoms with E-state index in [2.05, 4.69) is 10.3 Å². The number of benzene rings is 2. The summed E-state index contributed by atoms with van der Waals surface area (Å²) in [6.45, 7) is 0.274. The van der Waals surface area contributed by atoms with Crippen LogP contribution in [0.4, 0.5) is 0 Å². The number of hydrogen-bond acceptors (Lipinski definition) is 5. The zero-order chi connectivity index (χ0) is 21.1. The molecule has 0 radical (unpaired) electrons. The van der Waals surface area contributed by atoms with Crippen molar-refractivity contribution < 1.29 is 17.9 Å². The molecule has 0 spiro atoms. The molecule has 30 heavy (non-hydrogen) atoms. The highest BCUT2D eigenvalue weighted by Crippen LogP contribution is 2.29. The Morgan fingerprint density at radius 3 is 2.60 bits per heavy atom. The van der Waals surface area contributed by atoms with E-state index < -0.39 is 9.84 Å². The van der Waals surface area contributed by atoms with Gasteiger partial charge < -0.3 is 14.5 Å². The van der Waals surface area contributed by atoms with Gasteiger partial charge in [-0.15, -0.1) is 0 Å². The molecule has 0 saturated carbocycles. The first-order valence-electron chi connectivity index (χ1n) is 9.17. The maximum atomic E-state index is 12.9. The van der Waals surface area contributed by atoms with E-state index in [1.54, 1.807) is 65.5 Å². The third-order valence-electron chi connectivity index (χ3n) is 4.70. The Balaban J connectivity index is 1.47. The number of imidazole rings is 1. The molecule has 2 heterocycles. The lowest BCUT2D eigenvalue weighted by molar-refractivity contribution is 0.0950. The minimum Gasteiger partial charge on any atom is -0.495 e. The number of carbonyl (C=O) groups is 1. The second-order valence-corrected chi connectivity index (χ2v) is 8.51. The van der Waals surface area contributed by atoms with Crippen LogP contribution in [0.1, 0.15) is 15.9 Å². The topological polar surface area (TPSA) is 89.8 Å². The van der Waals surface area contributed by atoms with Crippen LogP contribution in [0.5, 0.6) is 5.75 Å². The van der Waals surface area contributed by atoms with Crippen molar-refractivity contribution in [1.82, 2.24) is 14.7 Å². The Hall–Kier alpha value is -3.65. The van der Waals surface area contributed by atoms with Crippen molar-refractivity contribution in [2.24, 2.45) is 0 Å². The van der Waals surface area contributed by atoms with Gasteiger partial charge in [0.15, 0.2) is 0 Å². The van der Waals surface area contributed by atoms with Crippen LogP contribution in [-0.2, 0) is 16.4 Å². The molecule has 0 unspecified atom stereocenters. The normalized spacial score (nSPS) is 11.4. The lowest BCUT2D eigenvalue weighted by atomic mass is 10.2.